The molecule has 0 saturated carbocycles. The van der Waals surface area contributed by atoms with Crippen molar-refractivity contribution < 1.29 is 0 Å². The minimum absolute atomic E-state index is 0.384. The van der Waals surface area contributed by atoms with Crippen LogP contribution in [0.3, 0.4) is 0 Å². The fraction of sp³-hybridized carbons (Fsp3) is 0.684. The second-order valence-electron chi connectivity index (χ2n) is 7.39. The fourth-order valence-electron chi connectivity index (χ4n) is 2.59. The molecule has 1 aromatic carbocycles. The van der Waals surface area contributed by atoms with Crippen LogP contribution in [0.25, 0.3) is 0 Å². The van der Waals surface area contributed by atoms with Crippen LogP contribution in [-0.2, 0) is 6.42 Å². The normalized spacial score (nSPS) is 15.2. The molecule has 1 aromatic rings. The van der Waals surface area contributed by atoms with Gasteiger partial charge in [0.1, 0.15) is 0 Å². The minimum atomic E-state index is 0.384. The van der Waals surface area contributed by atoms with Gasteiger partial charge in [0.2, 0.25) is 0 Å². The Hall–Kier alpha value is -0.820. The largest absolute Gasteiger partial charge is 0.314 e. The Morgan fingerprint density at radius 2 is 1.80 bits per heavy atom. The highest BCUT2D eigenvalue weighted by Gasteiger charge is 2.23. The van der Waals surface area contributed by atoms with Crippen molar-refractivity contribution >= 4 is 0 Å². The molecule has 2 atom stereocenters. The van der Waals surface area contributed by atoms with Crippen molar-refractivity contribution in [1.29, 1.82) is 0 Å². The monoisotopic (exact) mass is 275 g/mol. The molecular formula is C19H33N. The zero-order valence-corrected chi connectivity index (χ0v) is 14.5. The summed E-state index contributed by atoms with van der Waals surface area (Å²) in [6.45, 7) is 17.1. The second-order valence-corrected chi connectivity index (χ2v) is 7.39. The van der Waals surface area contributed by atoms with Gasteiger partial charge in [0.05, 0.1) is 0 Å². The van der Waals surface area contributed by atoms with Crippen LogP contribution in [0.2, 0.25) is 0 Å². The van der Waals surface area contributed by atoms with Crippen molar-refractivity contribution in [2.75, 3.05) is 6.54 Å². The van der Waals surface area contributed by atoms with Gasteiger partial charge in [-0.15, -0.1) is 0 Å². The van der Waals surface area contributed by atoms with Gasteiger partial charge in [0, 0.05) is 6.04 Å². The molecule has 0 saturated heterocycles. The maximum absolute atomic E-state index is 3.68. The maximum Gasteiger partial charge on any atom is 0.0110 e. The van der Waals surface area contributed by atoms with Crippen LogP contribution < -0.4 is 5.32 Å². The van der Waals surface area contributed by atoms with Gasteiger partial charge in [0.15, 0.2) is 0 Å². The van der Waals surface area contributed by atoms with Crippen LogP contribution in [0.15, 0.2) is 18.2 Å². The van der Waals surface area contributed by atoms with E-state index < -0.39 is 0 Å². The van der Waals surface area contributed by atoms with Crippen LogP contribution in [-0.4, -0.2) is 12.6 Å². The van der Waals surface area contributed by atoms with E-state index in [1.54, 1.807) is 0 Å². The van der Waals surface area contributed by atoms with Crippen molar-refractivity contribution in [3.63, 3.8) is 0 Å². The van der Waals surface area contributed by atoms with Crippen molar-refractivity contribution in [3.05, 3.63) is 34.9 Å². The Labute approximate surface area is 126 Å². The van der Waals surface area contributed by atoms with Crippen LogP contribution in [0.1, 0.15) is 57.7 Å². The lowest BCUT2D eigenvalue weighted by molar-refractivity contribution is 0.222. The average molecular weight is 275 g/mol. The molecule has 1 nitrogen and oxygen atoms in total. The summed E-state index contributed by atoms with van der Waals surface area (Å²) < 4.78 is 0. The SMILES string of the molecule is CCNC(Cc1cc(C)ccc1C)CC(C)C(C)(C)C. The van der Waals surface area contributed by atoms with Gasteiger partial charge in [-0.1, -0.05) is 58.4 Å². The molecule has 1 rings (SSSR count). The summed E-state index contributed by atoms with van der Waals surface area (Å²) in [6.07, 6.45) is 2.38. The molecule has 1 N–H and O–H groups in total. The lowest BCUT2D eigenvalue weighted by atomic mass is 9.77. The molecule has 20 heavy (non-hydrogen) atoms. The summed E-state index contributed by atoms with van der Waals surface area (Å²) in [4.78, 5) is 0. The predicted molar refractivity (Wildman–Crippen MR) is 90.3 cm³/mol. The quantitative estimate of drug-likeness (QED) is 0.779. The third-order valence-electron chi connectivity index (χ3n) is 4.58. The molecule has 1 heteroatoms. The molecule has 0 spiro atoms. The van der Waals surface area contributed by atoms with Crippen LogP contribution in [0.4, 0.5) is 0 Å². The highest BCUT2D eigenvalue weighted by atomic mass is 14.9. The molecule has 0 aliphatic heterocycles. The Bertz CT molecular complexity index is 414. The van der Waals surface area contributed by atoms with Gasteiger partial charge < -0.3 is 5.32 Å². The summed E-state index contributed by atoms with van der Waals surface area (Å²) >= 11 is 0. The molecule has 0 aliphatic carbocycles. The summed E-state index contributed by atoms with van der Waals surface area (Å²) in [5.41, 5.74) is 4.67. The number of hydrogen-bond donors (Lipinski definition) is 1. The standard InChI is InChI=1S/C19H33N/c1-8-20-18(12-16(4)19(5,6)7)13-17-11-14(2)9-10-15(17)3/h9-11,16,18,20H,8,12-13H2,1-7H3. The number of rotatable bonds is 6. The second kappa shape index (κ2) is 7.26. The summed E-state index contributed by atoms with van der Waals surface area (Å²) in [7, 11) is 0. The topological polar surface area (TPSA) is 12.0 Å². The van der Waals surface area contributed by atoms with E-state index in [-0.39, 0.29) is 0 Å². The first-order chi connectivity index (χ1) is 9.24. The van der Waals surface area contributed by atoms with Crippen molar-refractivity contribution in [1.82, 2.24) is 5.32 Å². The van der Waals surface area contributed by atoms with E-state index in [1.807, 2.05) is 0 Å². The van der Waals surface area contributed by atoms with E-state index in [4.69, 9.17) is 0 Å². The van der Waals surface area contributed by atoms with E-state index in [1.165, 1.54) is 23.1 Å². The molecule has 0 radical (unpaired) electrons. The Morgan fingerprint density at radius 1 is 1.15 bits per heavy atom. The molecule has 0 bridgehead atoms. The smallest absolute Gasteiger partial charge is 0.0110 e. The number of likely N-dealkylation sites (N-methyl/N-ethyl adjacent to an activating group) is 1. The zero-order valence-electron chi connectivity index (χ0n) is 14.5. The van der Waals surface area contributed by atoms with Gasteiger partial charge in [0.25, 0.3) is 0 Å². The molecule has 0 fully saturated rings. The molecular weight excluding hydrogens is 242 g/mol. The van der Waals surface area contributed by atoms with Crippen molar-refractivity contribution in [3.8, 4) is 0 Å². The van der Waals surface area contributed by atoms with E-state index in [0.717, 1.165) is 18.9 Å². The first-order valence-corrected chi connectivity index (χ1v) is 8.03. The first-order valence-electron chi connectivity index (χ1n) is 8.03. The molecule has 114 valence electrons. The van der Waals surface area contributed by atoms with Gasteiger partial charge in [-0.2, -0.15) is 0 Å². The van der Waals surface area contributed by atoms with Crippen molar-refractivity contribution in [2.24, 2.45) is 11.3 Å². The number of benzene rings is 1. The predicted octanol–water partition coefficient (Wildman–Crippen LogP) is 4.90. The van der Waals surface area contributed by atoms with Crippen LogP contribution in [0.5, 0.6) is 0 Å². The molecule has 0 heterocycles. The van der Waals surface area contributed by atoms with Gasteiger partial charge in [-0.3, -0.25) is 0 Å². The van der Waals surface area contributed by atoms with E-state index >= 15 is 0 Å². The van der Waals surface area contributed by atoms with Gasteiger partial charge >= 0.3 is 0 Å². The van der Waals surface area contributed by atoms with Gasteiger partial charge in [-0.25, -0.2) is 0 Å². The fourth-order valence-corrected chi connectivity index (χ4v) is 2.59. The lowest BCUT2D eigenvalue weighted by Gasteiger charge is -2.31. The summed E-state index contributed by atoms with van der Waals surface area (Å²) in [5.74, 6) is 0.719. The lowest BCUT2D eigenvalue weighted by Crippen LogP contribution is -2.35. The number of nitrogens with one attached hydrogen (secondary N) is 1. The number of aryl methyl sites for hydroxylation is 2. The third kappa shape index (κ3) is 5.28. The molecule has 0 amide bonds. The van der Waals surface area contributed by atoms with Crippen molar-refractivity contribution in [2.45, 2.75) is 67.3 Å². The first kappa shape index (κ1) is 17.2. The van der Waals surface area contributed by atoms with E-state index in [9.17, 15) is 0 Å². The van der Waals surface area contributed by atoms with E-state index in [0.29, 0.717) is 11.5 Å². The Morgan fingerprint density at radius 3 is 2.35 bits per heavy atom. The van der Waals surface area contributed by atoms with Gasteiger partial charge in [-0.05, 0) is 55.7 Å². The van der Waals surface area contributed by atoms with Crippen LogP contribution in [0, 0.1) is 25.2 Å². The Kier molecular flexibility index (Phi) is 6.26. The zero-order chi connectivity index (χ0) is 15.3. The molecule has 0 aliphatic rings. The van der Waals surface area contributed by atoms with Crippen LogP contribution >= 0.6 is 0 Å². The molecule has 0 aromatic heterocycles. The highest BCUT2D eigenvalue weighted by molar-refractivity contribution is 5.31. The van der Waals surface area contributed by atoms with E-state index in [2.05, 4.69) is 72.0 Å². The maximum atomic E-state index is 3.68. The minimum Gasteiger partial charge on any atom is -0.314 e. The Balaban J connectivity index is 2.79. The average Bonchev–Trinajstić information content (AvgIpc) is 2.33. The highest BCUT2D eigenvalue weighted by Crippen LogP contribution is 2.30. The summed E-state index contributed by atoms with van der Waals surface area (Å²) in [6, 6.07) is 7.39. The number of hydrogen-bond acceptors (Lipinski definition) is 1. The molecule has 2 unspecified atom stereocenters. The summed E-state index contributed by atoms with van der Waals surface area (Å²) in [5, 5.41) is 3.68. The third-order valence-corrected chi connectivity index (χ3v) is 4.58.